The van der Waals surface area contributed by atoms with E-state index in [1.54, 1.807) is 4.68 Å². The SMILES string of the molecule is Cc1ccn(-c2ccccc2NC(=O)[C@H]2CCN[C@@H](C)C2)n1.Cl. The fourth-order valence-corrected chi connectivity index (χ4v) is 2.93. The van der Waals surface area contributed by atoms with Crippen molar-refractivity contribution >= 4 is 24.0 Å². The van der Waals surface area contributed by atoms with E-state index in [0.717, 1.165) is 36.5 Å². The summed E-state index contributed by atoms with van der Waals surface area (Å²) in [7, 11) is 0. The molecule has 2 N–H and O–H groups in total. The van der Waals surface area contributed by atoms with Crippen molar-refractivity contribution in [2.75, 3.05) is 11.9 Å². The highest BCUT2D eigenvalue weighted by Crippen LogP contribution is 2.23. The molecule has 0 radical (unpaired) electrons. The molecule has 0 spiro atoms. The lowest BCUT2D eigenvalue weighted by Gasteiger charge is -2.27. The lowest BCUT2D eigenvalue weighted by atomic mass is 9.92. The number of piperidine rings is 1. The number of benzene rings is 1. The number of hydrogen-bond donors (Lipinski definition) is 2. The minimum absolute atomic E-state index is 0. The minimum Gasteiger partial charge on any atom is -0.324 e. The molecule has 1 aromatic heterocycles. The molecule has 2 aromatic rings. The number of halogens is 1. The van der Waals surface area contributed by atoms with Crippen LogP contribution in [0.25, 0.3) is 5.69 Å². The smallest absolute Gasteiger partial charge is 0.227 e. The lowest BCUT2D eigenvalue weighted by molar-refractivity contribution is -0.120. The van der Waals surface area contributed by atoms with Crippen LogP contribution in [0.1, 0.15) is 25.5 Å². The third-order valence-corrected chi connectivity index (χ3v) is 4.13. The molecule has 1 saturated heterocycles. The van der Waals surface area contributed by atoms with Gasteiger partial charge in [0.15, 0.2) is 0 Å². The standard InChI is InChI=1S/C17H22N4O.ClH/c1-12-8-10-21(20-12)16-6-4-3-5-15(16)19-17(22)14-7-9-18-13(2)11-14;/h3-6,8,10,13-14,18H,7,9,11H2,1-2H3,(H,19,22);1H/t13-,14-;/m0./s1. The van der Waals surface area contributed by atoms with E-state index in [-0.39, 0.29) is 24.2 Å². The summed E-state index contributed by atoms with van der Waals surface area (Å²) in [4.78, 5) is 12.5. The normalized spacial score (nSPS) is 20.6. The van der Waals surface area contributed by atoms with E-state index >= 15 is 0 Å². The number of para-hydroxylation sites is 2. The van der Waals surface area contributed by atoms with Gasteiger partial charge in [0.25, 0.3) is 0 Å². The predicted octanol–water partition coefficient (Wildman–Crippen LogP) is 2.93. The van der Waals surface area contributed by atoms with Gasteiger partial charge < -0.3 is 10.6 Å². The van der Waals surface area contributed by atoms with Gasteiger partial charge in [0.1, 0.15) is 0 Å². The predicted molar refractivity (Wildman–Crippen MR) is 94.4 cm³/mol. The maximum atomic E-state index is 12.5. The summed E-state index contributed by atoms with van der Waals surface area (Å²) in [6.45, 7) is 4.98. The van der Waals surface area contributed by atoms with Crippen molar-refractivity contribution in [3.8, 4) is 5.69 Å². The van der Waals surface area contributed by atoms with E-state index in [0.29, 0.717) is 6.04 Å². The highest BCUT2D eigenvalue weighted by Gasteiger charge is 2.25. The van der Waals surface area contributed by atoms with Gasteiger partial charge >= 0.3 is 0 Å². The molecule has 1 aliphatic heterocycles. The van der Waals surface area contributed by atoms with E-state index in [1.807, 2.05) is 43.5 Å². The molecule has 3 rings (SSSR count). The second kappa shape index (κ2) is 7.62. The lowest BCUT2D eigenvalue weighted by Crippen LogP contribution is -2.40. The van der Waals surface area contributed by atoms with Crippen molar-refractivity contribution in [1.82, 2.24) is 15.1 Å². The second-order valence-corrected chi connectivity index (χ2v) is 5.98. The molecule has 2 heterocycles. The van der Waals surface area contributed by atoms with Crippen LogP contribution in [-0.4, -0.2) is 28.3 Å². The number of nitrogens with zero attached hydrogens (tertiary/aromatic N) is 2. The molecule has 0 bridgehead atoms. The van der Waals surface area contributed by atoms with Crippen LogP contribution < -0.4 is 10.6 Å². The van der Waals surface area contributed by atoms with Gasteiger partial charge in [0, 0.05) is 18.2 Å². The third kappa shape index (κ3) is 4.12. The molecule has 1 aliphatic rings. The first-order chi connectivity index (χ1) is 10.6. The second-order valence-electron chi connectivity index (χ2n) is 5.98. The van der Waals surface area contributed by atoms with Crippen LogP contribution in [0.2, 0.25) is 0 Å². The minimum atomic E-state index is 0. The molecule has 0 saturated carbocycles. The Morgan fingerprint density at radius 3 is 2.83 bits per heavy atom. The number of rotatable bonds is 3. The number of carbonyl (C=O) groups is 1. The van der Waals surface area contributed by atoms with Crippen molar-refractivity contribution in [3.63, 3.8) is 0 Å². The zero-order chi connectivity index (χ0) is 15.5. The summed E-state index contributed by atoms with van der Waals surface area (Å²) >= 11 is 0. The quantitative estimate of drug-likeness (QED) is 0.907. The molecule has 5 nitrogen and oxygen atoms in total. The van der Waals surface area contributed by atoms with Gasteiger partial charge in [-0.2, -0.15) is 5.10 Å². The average Bonchev–Trinajstić information content (AvgIpc) is 2.94. The fourth-order valence-electron chi connectivity index (χ4n) is 2.93. The Hall–Kier alpha value is -1.85. The van der Waals surface area contributed by atoms with Gasteiger partial charge in [-0.15, -0.1) is 12.4 Å². The number of amides is 1. The van der Waals surface area contributed by atoms with Gasteiger partial charge in [-0.3, -0.25) is 4.79 Å². The Bertz CT molecular complexity index is 670. The van der Waals surface area contributed by atoms with Gasteiger partial charge in [0.05, 0.1) is 17.1 Å². The van der Waals surface area contributed by atoms with Crippen LogP contribution >= 0.6 is 12.4 Å². The van der Waals surface area contributed by atoms with Crippen LogP contribution in [0.15, 0.2) is 36.5 Å². The summed E-state index contributed by atoms with van der Waals surface area (Å²) in [5, 5.41) is 10.9. The van der Waals surface area contributed by atoms with E-state index in [1.165, 1.54) is 0 Å². The highest BCUT2D eigenvalue weighted by atomic mass is 35.5. The van der Waals surface area contributed by atoms with Crippen molar-refractivity contribution in [2.45, 2.75) is 32.7 Å². The first-order valence-electron chi connectivity index (χ1n) is 7.79. The molecule has 1 aromatic carbocycles. The van der Waals surface area contributed by atoms with E-state index in [2.05, 4.69) is 22.7 Å². The molecule has 1 amide bonds. The van der Waals surface area contributed by atoms with E-state index < -0.39 is 0 Å². The summed E-state index contributed by atoms with van der Waals surface area (Å²) in [6.07, 6.45) is 3.68. The van der Waals surface area contributed by atoms with Crippen molar-refractivity contribution in [3.05, 3.63) is 42.2 Å². The Morgan fingerprint density at radius 1 is 1.35 bits per heavy atom. The van der Waals surface area contributed by atoms with Gasteiger partial charge in [-0.05, 0) is 51.4 Å². The number of anilines is 1. The molecular weight excluding hydrogens is 312 g/mol. The Labute approximate surface area is 142 Å². The fraction of sp³-hybridized carbons (Fsp3) is 0.412. The summed E-state index contributed by atoms with van der Waals surface area (Å²) in [5.74, 6) is 0.174. The number of aromatic nitrogens is 2. The van der Waals surface area contributed by atoms with Crippen LogP contribution in [0.3, 0.4) is 0 Å². The number of aryl methyl sites for hydroxylation is 1. The Kier molecular flexibility index (Phi) is 5.80. The molecule has 124 valence electrons. The molecule has 2 atom stereocenters. The third-order valence-electron chi connectivity index (χ3n) is 4.13. The Morgan fingerprint density at radius 2 is 2.13 bits per heavy atom. The zero-order valence-corrected chi connectivity index (χ0v) is 14.3. The molecular formula is C17H23ClN4O. The van der Waals surface area contributed by atoms with Crippen LogP contribution in [0.5, 0.6) is 0 Å². The largest absolute Gasteiger partial charge is 0.324 e. The highest BCUT2D eigenvalue weighted by molar-refractivity contribution is 5.94. The number of nitrogens with one attached hydrogen (secondary N) is 2. The van der Waals surface area contributed by atoms with Crippen molar-refractivity contribution in [2.24, 2.45) is 5.92 Å². The van der Waals surface area contributed by atoms with Crippen molar-refractivity contribution < 1.29 is 4.79 Å². The topological polar surface area (TPSA) is 59.0 Å². The van der Waals surface area contributed by atoms with Crippen molar-refractivity contribution in [1.29, 1.82) is 0 Å². The van der Waals surface area contributed by atoms with Gasteiger partial charge in [-0.25, -0.2) is 4.68 Å². The molecule has 6 heteroatoms. The molecule has 0 aliphatic carbocycles. The van der Waals surface area contributed by atoms with Gasteiger partial charge in [-0.1, -0.05) is 12.1 Å². The number of carbonyl (C=O) groups excluding carboxylic acids is 1. The molecule has 1 fully saturated rings. The summed E-state index contributed by atoms with van der Waals surface area (Å²) < 4.78 is 1.80. The maximum absolute atomic E-state index is 12.5. The maximum Gasteiger partial charge on any atom is 0.227 e. The number of hydrogen-bond acceptors (Lipinski definition) is 3. The Balaban J connectivity index is 0.00000192. The first-order valence-corrected chi connectivity index (χ1v) is 7.79. The first kappa shape index (κ1) is 17.5. The van der Waals surface area contributed by atoms with Crippen LogP contribution in [-0.2, 0) is 4.79 Å². The van der Waals surface area contributed by atoms with Gasteiger partial charge in [0.2, 0.25) is 5.91 Å². The molecule has 0 unspecified atom stereocenters. The van der Waals surface area contributed by atoms with Crippen LogP contribution in [0, 0.1) is 12.8 Å². The summed E-state index contributed by atoms with van der Waals surface area (Å²) in [5.41, 5.74) is 2.65. The van der Waals surface area contributed by atoms with E-state index in [9.17, 15) is 4.79 Å². The zero-order valence-electron chi connectivity index (χ0n) is 13.5. The van der Waals surface area contributed by atoms with E-state index in [4.69, 9.17) is 0 Å². The summed E-state index contributed by atoms with van der Waals surface area (Å²) in [6, 6.07) is 10.1. The van der Waals surface area contributed by atoms with Crippen LogP contribution in [0.4, 0.5) is 5.69 Å². The monoisotopic (exact) mass is 334 g/mol. The average molecular weight is 335 g/mol. The molecule has 23 heavy (non-hydrogen) atoms.